The molecule has 2 heterocycles. The van der Waals surface area contributed by atoms with E-state index in [0.29, 0.717) is 0 Å². The molecule has 12 heteroatoms. The molecule has 1 fully saturated rings. The van der Waals surface area contributed by atoms with Gasteiger partial charge in [-0.25, -0.2) is 22.9 Å². The van der Waals surface area contributed by atoms with E-state index in [9.17, 15) is 22.8 Å². The lowest BCUT2D eigenvalue weighted by Crippen LogP contribution is -2.56. The first-order chi connectivity index (χ1) is 13.7. The molecule has 0 unspecified atom stereocenters. The summed E-state index contributed by atoms with van der Waals surface area (Å²) in [5.74, 6) is -1.85. The number of halogens is 4. The molecule has 0 bridgehead atoms. The van der Waals surface area contributed by atoms with Crippen LogP contribution in [0.2, 0.25) is 5.15 Å². The number of amides is 3. The van der Waals surface area contributed by atoms with Gasteiger partial charge in [0.2, 0.25) is 5.72 Å². The number of nitrogens with one attached hydrogen (secondary N) is 2. The maximum absolute atomic E-state index is 14.5. The summed E-state index contributed by atoms with van der Waals surface area (Å²) in [6.07, 6.45) is -4.50. The zero-order chi connectivity index (χ0) is 21.2. The molecule has 8 nitrogen and oxygen atoms in total. The Hall–Kier alpha value is -2.89. The highest BCUT2D eigenvalue weighted by atomic mass is 35.5. The number of ether oxygens (including phenoxy) is 2. The molecule has 3 amide bonds. The van der Waals surface area contributed by atoms with Crippen molar-refractivity contribution in [2.24, 2.45) is 5.73 Å². The second-order valence-corrected chi connectivity index (χ2v) is 6.29. The van der Waals surface area contributed by atoms with Crippen LogP contribution >= 0.6 is 11.6 Å². The summed E-state index contributed by atoms with van der Waals surface area (Å²) in [6.45, 7) is -0.0204. The maximum Gasteiger partial charge on any atom is 0.314 e. The van der Waals surface area contributed by atoms with E-state index < -0.39 is 41.8 Å². The SMILES string of the molecule is NC(=O)N[C@@](O[C@H]1CO1)(c1cc(NC(=O)c2cccc(Cl)n2)ccc1F)C(F)F. The third-order valence-corrected chi connectivity index (χ3v) is 4.02. The number of nitrogens with two attached hydrogens (primary N) is 1. The number of alkyl halides is 2. The summed E-state index contributed by atoms with van der Waals surface area (Å²) >= 11 is 5.73. The van der Waals surface area contributed by atoms with Crippen molar-refractivity contribution in [2.75, 3.05) is 11.9 Å². The van der Waals surface area contributed by atoms with Crippen LogP contribution in [0.3, 0.4) is 0 Å². The number of primary amides is 1. The van der Waals surface area contributed by atoms with E-state index in [-0.39, 0.29) is 23.1 Å². The number of epoxide rings is 1. The van der Waals surface area contributed by atoms with Crippen molar-refractivity contribution in [2.45, 2.75) is 18.4 Å². The number of nitrogens with zero attached hydrogens (tertiary/aromatic N) is 1. The van der Waals surface area contributed by atoms with E-state index in [1.807, 2.05) is 0 Å². The summed E-state index contributed by atoms with van der Waals surface area (Å²) in [5, 5.41) is 4.20. The van der Waals surface area contributed by atoms with Crippen LogP contribution in [0.15, 0.2) is 36.4 Å². The molecule has 29 heavy (non-hydrogen) atoms. The minimum absolute atomic E-state index is 0.0204. The van der Waals surface area contributed by atoms with Gasteiger partial charge in [0.15, 0.2) is 6.29 Å². The highest BCUT2D eigenvalue weighted by Gasteiger charge is 2.50. The van der Waals surface area contributed by atoms with Crippen molar-refractivity contribution >= 4 is 29.2 Å². The Morgan fingerprint density at radius 3 is 2.66 bits per heavy atom. The standard InChI is InChI=1S/C17H14ClF3N4O4/c18-12-3-1-2-11(24-12)14(26)23-8-4-5-10(19)9(6-8)17(15(20)21,25-16(22)27)29-13-7-28-13/h1-6,13,15H,7H2,(H,23,26)(H3,22,25,27)/t13-,17+/m0/s1. The highest BCUT2D eigenvalue weighted by molar-refractivity contribution is 6.29. The molecule has 2 atom stereocenters. The van der Waals surface area contributed by atoms with E-state index >= 15 is 0 Å². The number of hydrogen-bond acceptors (Lipinski definition) is 5. The zero-order valence-corrected chi connectivity index (χ0v) is 15.3. The maximum atomic E-state index is 14.5. The fraction of sp³-hybridized carbons (Fsp3) is 0.235. The lowest BCUT2D eigenvalue weighted by Gasteiger charge is -2.33. The number of carbonyl (C=O) groups is 2. The largest absolute Gasteiger partial charge is 0.352 e. The summed E-state index contributed by atoms with van der Waals surface area (Å²) in [7, 11) is 0. The first-order valence-electron chi connectivity index (χ1n) is 8.10. The minimum atomic E-state index is -3.42. The Kier molecular flexibility index (Phi) is 5.91. The first kappa shape index (κ1) is 20.8. The van der Waals surface area contributed by atoms with Crippen molar-refractivity contribution in [3.05, 3.63) is 58.6 Å². The molecular weight excluding hydrogens is 417 g/mol. The summed E-state index contributed by atoms with van der Waals surface area (Å²) in [5.41, 5.74) is 1.20. The second-order valence-electron chi connectivity index (χ2n) is 5.90. The van der Waals surface area contributed by atoms with Gasteiger partial charge < -0.3 is 25.8 Å². The predicted octanol–water partition coefficient (Wildman–Crippen LogP) is 2.59. The summed E-state index contributed by atoms with van der Waals surface area (Å²) < 4.78 is 52.2. The fourth-order valence-electron chi connectivity index (χ4n) is 2.50. The minimum Gasteiger partial charge on any atom is -0.352 e. The number of urea groups is 1. The Morgan fingerprint density at radius 1 is 1.34 bits per heavy atom. The second kappa shape index (κ2) is 8.23. The molecule has 0 spiro atoms. The third-order valence-electron chi connectivity index (χ3n) is 3.81. The van der Waals surface area contributed by atoms with Crippen LogP contribution in [0.4, 0.5) is 23.7 Å². The molecule has 1 saturated heterocycles. The molecule has 4 N–H and O–H groups in total. The van der Waals surface area contributed by atoms with Crippen LogP contribution in [0.1, 0.15) is 16.1 Å². The smallest absolute Gasteiger partial charge is 0.314 e. The molecule has 1 aliphatic heterocycles. The van der Waals surface area contributed by atoms with Gasteiger partial charge in [-0.2, -0.15) is 0 Å². The van der Waals surface area contributed by atoms with Gasteiger partial charge in [0.05, 0.1) is 0 Å². The number of anilines is 1. The molecule has 1 aliphatic rings. The normalized spacial score (nSPS) is 17.5. The topological polar surface area (TPSA) is 119 Å². The quantitative estimate of drug-likeness (QED) is 0.354. The average Bonchev–Trinajstić information content (AvgIpc) is 3.46. The van der Waals surface area contributed by atoms with Gasteiger partial charge in [-0.3, -0.25) is 4.79 Å². The highest BCUT2D eigenvalue weighted by Crippen LogP contribution is 2.37. The fourth-order valence-corrected chi connectivity index (χ4v) is 2.66. The molecule has 0 radical (unpaired) electrons. The molecule has 0 aliphatic carbocycles. The lowest BCUT2D eigenvalue weighted by atomic mass is 10.0. The molecule has 154 valence electrons. The van der Waals surface area contributed by atoms with E-state index in [0.717, 1.165) is 18.2 Å². The molecular formula is C17H14ClF3N4O4. The molecule has 2 aromatic rings. The van der Waals surface area contributed by atoms with Gasteiger partial charge in [-0.15, -0.1) is 0 Å². The van der Waals surface area contributed by atoms with Crippen LogP contribution in [-0.4, -0.2) is 36.2 Å². The molecule has 3 rings (SSSR count). The van der Waals surface area contributed by atoms with Crippen LogP contribution < -0.4 is 16.4 Å². The number of rotatable bonds is 7. The van der Waals surface area contributed by atoms with Crippen LogP contribution in [0, 0.1) is 5.82 Å². The van der Waals surface area contributed by atoms with Crippen molar-refractivity contribution < 1.29 is 32.2 Å². The van der Waals surface area contributed by atoms with Gasteiger partial charge in [0.25, 0.3) is 12.3 Å². The number of hydrogen-bond donors (Lipinski definition) is 3. The molecule has 1 aromatic carbocycles. The Labute approximate surface area is 167 Å². The van der Waals surface area contributed by atoms with Gasteiger partial charge in [0.1, 0.15) is 23.3 Å². The van der Waals surface area contributed by atoms with Crippen molar-refractivity contribution in [3.63, 3.8) is 0 Å². The lowest BCUT2D eigenvalue weighted by molar-refractivity contribution is -0.187. The first-order valence-corrected chi connectivity index (χ1v) is 8.48. The van der Waals surface area contributed by atoms with E-state index in [2.05, 4.69) is 10.3 Å². The van der Waals surface area contributed by atoms with Crippen molar-refractivity contribution in [3.8, 4) is 0 Å². The molecule has 1 aromatic heterocycles. The van der Waals surface area contributed by atoms with E-state index in [4.69, 9.17) is 26.8 Å². The van der Waals surface area contributed by atoms with Gasteiger partial charge in [0, 0.05) is 11.3 Å². The van der Waals surface area contributed by atoms with Crippen LogP contribution in [0.25, 0.3) is 0 Å². The Balaban J connectivity index is 1.97. The van der Waals surface area contributed by atoms with Crippen molar-refractivity contribution in [1.29, 1.82) is 0 Å². The predicted molar refractivity (Wildman–Crippen MR) is 94.8 cm³/mol. The average molecular weight is 431 g/mol. The summed E-state index contributed by atoms with van der Waals surface area (Å²) in [4.78, 5) is 27.4. The van der Waals surface area contributed by atoms with Gasteiger partial charge >= 0.3 is 6.03 Å². The van der Waals surface area contributed by atoms with E-state index in [1.165, 1.54) is 18.2 Å². The van der Waals surface area contributed by atoms with E-state index in [1.54, 1.807) is 5.32 Å². The Bertz CT molecular complexity index is 945. The molecule has 0 saturated carbocycles. The number of carbonyl (C=O) groups excluding carboxylic acids is 2. The Morgan fingerprint density at radius 2 is 2.07 bits per heavy atom. The third kappa shape index (κ3) is 4.75. The zero-order valence-electron chi connectivity index (χ0n) is 14.5. The van der Waals surface area contributed by atoms with Gasteiger partial charge in [-0.1, -0.05) is 17.7 Å². The number of benzene rings is 1. The van der Waals surface area contributed by atoms with Crippen LogP contribution in [0.5, 0.6) is 0 Å². The van der Waals surface area contributed by atoms with Gasteiger partial charge in [-0.05, 0) is 30.3 Å². The number of aromatic nitrogens is 1. The number of pyridine rings is 1. The van der Waals surface area contributed by atoms with Crippen LogP contribution in [-0.2, 0) is 15.2 Å². The summed E-state index contributed by atoms with van der Waals surface area (Å²) in [6, 6.07) is 5.80. The monoisotopic (exact) mass is 430 g/mol. The van der Waals surface area contributed by atoms with Crippen molar-refractivity contribution in [1.82, 2.24) is 10.3 Å².